The second kappa shape index (κ2) is 7.40. The lowest BCUT2D eigenvalue weighted by molar-refractivity contribution is -0.149. The van der Waals surface area contributed by atoms with Crippen molar-refractivity contribution in [2.75, 3.05) is 6.61 Å². The molecule has 1 atom stereocenters. The molecule has 0 aliphatic heterocycles. The van der Waals surface area contributed by atoms with E-state index in [1.807, 2.05) is 13.8 Å². The van der Waals surface area contributed by atoms with Gasteiger partial charge in [0.25, 0.3) is 10.1 Å². The molecular formula is C14H20O5S. The average molecular weight is 300 g/mol. The molecule has 0 amide bonds. The number of benzene rings is 1. The molecule has 0 heterocycles. The van der Waals surface area contributed by atoms with Gasteiger partial charge in [0.15, 0.2) is 0 Å². The highest BCUT2D eigenvalue weighted by Gasteiger charge is 2.18. The highest BCUT2D eigenvalue weighted by Crippen LogP contribution is 2.14. The summed E-state index contributed by atoms with van der Waals surface area (Å²) in [5, 5.41) is 0. The van der Waals surface area contributed by atoms with E-state index in [1.54, 1.807) is 19.1 Å². The van der Waals surface area contributed by atoms with E-state index in [0.29, 0.717) is 12.8 Å². The van der Waals surface area contributed by atoms with Crippen LogP contribution in [0.25, 0.3) is 0 Å². The molecule has 1 rings (SSSR count). The normalized spacial score (nSPS) is 12.9. The molecule has 112 valence electrons. The number of rotatable bonds is 7. The van der Waals surface area contributed by atoms with Crippen molar-refractivity contribution in [1.82, 2.24) is 0 Å². The highest BCUT2D eigenvalue weighted by molar-refractivity contribution is 7.86. The molecule has 1 aromatic carbocycles. The van der Waals surface area contributed by atoms with Crippen LogP contribution in [0.15, 0.2) is 29.2 Å². The third kappa shape index (κ3) is 5.30. The Hall–Kier alpha value is -1.40. The molecule has 0 radical (unpaired) electrons. The van der Waals surface area contributed by atoms with Crippen molar-refractivity contribution in [3.63, 3.8) is 0 Å². The molecule has 0 aliphatic rings. The van der Waals surface area contributed by atoms with Crippen LogP contribution in [0.2, 0.25) is 0 Å². The van der Waals surface area contributed by atoms with Crippen LogP contribution in [-0.2, 0) is 23.8 Å². The third-order valence-electron chi connectivity index (χ3n) is 2.55. The van der Waals surface area contributed by atoms with Crippen molar-refractivity contribution < 1.29 is 22.1 Å². The summed E-state index contributed by atoms with van der Waals surface area (Å²) in [5.74, 6) is -0.351. The lowest BCUT2D eigenvalue weighted by atomic mass is 10.2. The maximum absolute atomic E-state index is 11.9. The lowest BCUT2D eigenvalue weighted by Gasteiger charge is -2.13. The molecule has 0 fully saturated rings. The van der Waals surface area contributed by atoms with Crippen LogP contribution in [0.4, 0.5) is 0 Å². The van der Waals surface area contributed by atoms with E-state index in [2.05, 4.69) is 0 Å². The fraction of sp³-hybridized carbons (Fsp3) is 0.500. The first-order valence-electron chi connectivity index (χ1n) is 6.50. The predicted molar refractivity (Wildman–Crippen MR) is 74.8 cm³/mol. The summed E-state index contributed by atoms with van der Waals surface area (Å²) in [6.45, 7) is 5.14. The first-order valence-corrected chi connectivity index (χ1v) is 7.91. The highest BCUT2D eigenvalue weighted by atomic mass is 32.2. The Bertz CT molecular complexity index is 533. The van der Waals surface area contributed by atoms with Crippen LogP contribution in [-0.4, -0.2) is 27.1 Å². The quantitative estimate of drug-likeness (QED) is 0.571. The second-order valence-electron chi connectivity index (χ2n) is 4.60. The van der Waals surface area contributed by atoms with E-state index in [-0.39, 0.29) is 17.5 Å². The largest absolute Gasteiger partial charge is 0.460 e. The fourth-order valence-electron chi connectivity index (χ4n) is 1.48. The smallest absolute Gasteiger partial charge is 0.306 e. The zero-order valence-electron chi connectivity index (χ0n) is 12.0. The second-order valence-corrected chi connectivity index (χ2v) is 6.22. The van der Waals surface area contributed by atoms with Gasteiger partial charge < -0.3 is 4.74 Å². The van der Waals surface area contributed by atoms with E-state index in [4.69, 9.17) is 8.92 Å². The van der Waals surface area contributed by atoms with Crippen molar-refractivity contribution in [3.05, 3.63) is 29.8 Å². The Labute approximate surface area is 120 Å². The minimum absolute atomic E-state index is 0.0928. The lowest BCUT2D eigenvalue weighted by Crippen LogP contribution is -2.22. The SMILES string of the molecule is CCCC(=O)OC(C)COS(=O)(=O)c1ccc(C)cc1. The fourth-order valence-corrected chi connectivity index (χ4v) is 2.46. The summed E-state index contributed by atoms with van der Waals surface area (Å²) in [6.07, 6.45) is 0.401. The third-order valence-corrected chi connectivity index (χ3v) is 3.85. The minimum Gasteiger partial charge on any atom is -0.460 e. The van der Waals surface area contributed by atoms with Crippen molar-refractivity contribution in [2.45, 2.75) is 44.6 Å². The van der Waals surface area contributed by atoms with E-state index >= 15 is 0 Å². The summed E-state index contributed by atoms with van der Waals surface area (Å²) in [4.78, 5) is 11.4. The van der Waals surface area contributed by atoms with Gasteiger partial charge in [-0.15, -0.1) is 0 Å². The number of hydrogen-bond donors (Lipinski definition) is 0. The molecular weight excluding hydrogens is 280 g/mol. The number of carbonyl (C=O) groups is 1. The van der Waals surface area contributed by atoms with Gasteiger partial charge in [-0.25, -0.2) is 0 Å². The van der Waals surface area contributed by atoms with Crippen molar-refractivity contribution in [2.24, 2.45) is 0 Å². The molecule has 0 saturated carbocycles. The Morgan fingerprint density at radius 1 is 1.25 bits per heavy atom. The van der Waals surface area contributed by atoms with Gasteiger partial charge in [0, 0.05) is 6.42 Å². The number of hydrogen-bond acceptors (Lipinski definition) is 5. The molecule has 0 saturated heterocycles. The van der Waals surface area contributed by atoms with Crippen LogP contribution in [0.3, 0.4) is 0 Å². The van der Waals surface area contributed by atoms with E-state index < -0.39 is 16.2 Å². The van der Waals surface area contributed by atoms with E-state index in [9.17, 15) is 13.2 Å². The Morgan fingerprint density at radius 3 is 2.40 bits per heavy atom. The van der Waals surface area contributed by atoms with E-state index in [1.165, 1.54) is 12.1 Å². The van der Waals surface area contributed by atoms with Gasteiger partial charge in [-0.05, 0) is 32.4 Å². The maximum atomic E-state index is 11.9. The Kier molecular flexibility index (Phi) is 6.16. The van der Waals surface area contributed by atoms with Crippen molar-refractivity contribution in [1.29, 1.82) is 0 Å². The van der Waals surface area contributed by atoms with E-state index in [0.717, 1.165) is 5.56 Å². The van der Waals surface area contributed by atoms with Gasteiger partial charge in [0.2, 0.25) is 0 Å². The summed E-state index contributed by atoms with van der Waals surface area (Å²) >= 11 is 0. The molecule has 0 spiro atoms. The molecule has 1 aromatic rings. The predicted octanol–water partition coefficient (Wildman–Crippen LogP) is 2.43. The molecule has 6 heteroatoms. The number of aryl methyl sites for hydroxylation is 1. The zero-order valence-corrected chi connectivity index (χ0v) is 12.8. The summed E-state index contributed by atoms with van der Waals surface area (Å²) < 4.78 is 33.7. The molecule has 0 aromatic heterocycles. The molecule has 20 heavy (non-hydrogen) atoms. The molecule has 0 bridgehead atoms. The number of carbonyl (C=O) groups excluding carboxylic acids is 1. The molecule has 1 unspecified atom stereocenters. The first kappa shape index (κ1) is 16.7. The van der Waals surface area contributed by atoms with Crippen molar-refractivity contribution >= 4 is 16.1 Å². The number of ether oxygens (including phenoxy) is 1. The molecule has 0 N–H and O–H groups in total. The standard InChI is InChI=1S/C14H20O5S/c1-4-5-14(15)19-12(3)10-18-20(16,17)13-8-6-11(2)7-9-13/h6-9,12H,4-5,10H2,1-3H3. The summed E-state index contributed by atoms with van der Waals surface area (Å²) in [5.41, 5.74) is 0.964. The Balaban J connectivity index is 2.55. The van der Waals surface area contributed by atoms with Crippen LogP contribution in [0.5, 0.6) is 0 Å². The van der Waals surface area contributed by atoms with Gasteiger partial charge in [-0.3, -0.25) is 8.98 Å². The Morgan fingerprint density at radius 2 is 1.85 bits per heavy atom. The number of esters is 1. The minimum atomic E-state index is -3.81. The summed E-state index contributed by atoms with van der Waals surface area (Å²) in [6, 6.07) is 6.36. The maximum Gasteiger partial charge on any atom is 0.306 e. The van der Waals surface area contributed by atoms with Crippen molar-refractivity contribution in [3.8, 4) is 0 Å². The van der Waals surface area contributed by atoms with Gasteiger partial charge in [0.05, 0.1) is 4.90 Å². The van der Waals surface area contributed by atoms with Gasteiger partial charge in [-0.1, -0.05) is 24.6 Å². The molecule has 0 aliphatic carbocycles. The van der Waals surface area contributed by atoms with Crippen LogP contribution >= 0.6 is 0 Å². The van der Waals surface area contributed by atoms with Crippen LogP contribution in [0, 0.1) is 6.92 Å². The average Bonchev–Trinajstić information content (AvgIpc) is 2.37. The summed E-state index contributed by atoms with van der Waals surface area (Å²) in [7, 11) is -3.81. The molecule has 5 nitrogen and oxygen atoms in total. The van der Waals surface area contributed by atoms with Gasteiger partial charge in [-0.2, -0.15) is 8.42 Å². The van der Waals surface area contributed by atoms with Gasteiger partial charge in [0.1, 0.15) is 12.7 Å². The zero-order chi connectivity index (χ0) is 15.2. The first-order chi connectivity index (χ1) is 9.35. The van der Waals surface area contributed by atoms with Crippen LogP contribution in [0.1, 0.15) is 32.3 Å². The van der Waals surface area contributed by atoms with Gasteiger partial charge >= 0.3 is 5.97 Å². The van der Waals surface area contributed by atoms with Crippen LogP contribution < -0.4 is 0 Å². The topological polar surface area (TPSA) is 69.7 Å². The monoisotopic (exact) mass is 300 g/mol.